The zero-order valence-electron chi connectivity index (χ0n) is 22.1. The molecule has 1 aromatic carbocycles. The number of likely N-dealkylation sites (tertiary alicyclic amines) is 1. The van der Waals surface area contributed by atoms with E-state index in [0.717, 1.165) is 12.8 Å². The summed E-state index contributed by atoms with van der Waals surface area (Å²) in [5.74, 6) is -1.67. The zero-order valence-corrected chi connectivity index (χ0v) is 23.7. The van der Waals surface area contributed by atoms with Gasteiger partial charge in [-0.2, -0.15) is 0 Å². The van der Waals surface area contributed by atoms with E-state index < -0.39 is 28.7 Å². The van der Waals surface area contributed by atoms with E-state index in [-0.39, 0.29) is 35.5 Å². The van der Waals surface area contributed by atoms with Gasteiger partial charge in [-0.05, 0) is 36.6 Å². The maximum atomic E-state index is 14.5. The molecule has 2 fully saturated rings. The van der Waals surface area contributed by atoms with Gasteiger partial charge >= 0.3 is 0 Å². The molecule has 9 heteroatoms. The number of halogens is 1. The van der Waals surface area contributed by atoms with Crippen LogP contribution in [0.4, 0.5) is 5.69 Å². The van der Waals surface area contributed by atoms with Gasteiger partial charge in [0, 0.05) is 35.6 Å². The molecule has 4 heterocycles. The fourth-order valence-electron chi connectivity index (χ4n) is 6.62. The number of anilines is 1. The van der Waals surface area contributed by atoms with Crippen LogP contribution in [0.1, 0.15) is 33.6 Å². The van der Waals surface area contributed by atoms with E-state index in [1.165, 1.54) is 0 Å². The number of amides is 3. The van der Waals surface area contributed by atoms with Crippen molar-refractivity contribution in [3.63, 3.8) is 0 Å². The van der Waals surface area contributed by atoms with Gasteiger partial charge in [-0.1, -0.05) is 63.1 Å². The predicted molar refractivity (Wildman–Crippen MR) is 151 cm³/mol. The van der Waals surface area contributed by atoms with Crippen LogP contribution in [0.3, 0.4) is 0 Å². The number of carbonyl (C=O) groups is 3. The molecule has 204 valence electrons. The highest BCUT2D eigenvalue weighted by Gasteiger charge is 2.72. The lowest BCUT2D eigenvalue weighted by atomic mass is 9.78. The highest BCUT2D eigenvalue weighted by Crippen LogP contribution is 2.61. The smallest absolute Gasteiger partial charge is 0.251 e. The van der Waals surface area contributed by atoms with E-state index in [9.17, 15) is 19.5 Å². The minimum absolute atomic E-state index is 0.0195. The van der Waals surface area contributed by atoms with Gasteiger partial charge in [0.25, 0.3) is 5.91 Å². The number of fused-ring (bicyclic) bond motifs is 2. The Morgan fingerprint density at radius 3 is 2.47 bits per heavy atom. The number of thioether (sulfide) groups is 1. The maximum absolute atomic E-state index is 14.5. The molecule has 0 aromatic heterocycles. The Morgan fingerprint density at radius 1 is 1.08 bits per heavy atom. The van der Waals surface area contributed by atoms with E-state index in [2.05, 4.69) is 6.08 Å². The van der Waals surface area contributed by atoms with E-state index >= 15 is 0 Å². The van der Waals surface area contributed by atoms with Crippen molar-refractivity contribution < 1.29 is 19.5 Å². The monoisotopic (exact) mass is 557 g/mol. The van der Waals surface area contributed by atoms with Gasteiger partial charge in [0.15, 0.2) is 0 Å². The molecule has 0 aliphatic carbocycles. The quantitative estimate of drug-likeness (QED) is 0.516. The first-order valence-corrected chi connectivity index (χ1v) is 14.9. The van der Waals surface area contributed by atoms with Crippen LogP contribution in [-0.4, -0.2) is 80.9 Å². The average Bonchev–Trinajstić information content (AvgIpc) is 3.23. The summed E-state index contributed by atoms with van der Waals surface area (Å²) in [5, 5.41) is 10.9. The van der Waals surface area contributed by atoms with Crippen LogP contribution in [0, 0.1) is 17.8 Å². The molecular weight excluding hydrogens is 522 g/mol. The van der Waals surface area contributed by atoms with Crippen LogP contribution < -0.4 is 4.90 Å². The number of aliphatic hydroxyl groups excluding tert-OH is 1. The van der Waals surface area contributed by atoms with E-state index in [0.29, 0.717) is 30.3 Å². The molecule has 7 atom stereocenters. The minimum atomic E-state index is -0.902. The first-order valence-electron chi connectivity index (χ1n) is 13.6. The molecule has 1 aromatic rings. The van der Waals surface area contributed by atoms with Crippen molar-refractivity contribution in [3.8, 4) is 0 Å². The fourth-order valence-corrected chi connectivity index (χ4v) is 8.74. The lowest BCUT2D eigenvalue weighted by molar-refractivity contribution is -0.145. The number of hydrogen-bond donors (Lipinski definition) is 1. The summed E-state index contributed by atoms with van der Waals surface area (Å²) in [4.78, 5) is 48.1. The van der Waals surface area contributed by atoms with Gasteiger partial charge in [-0.3, -0.25) is 14.4 Å². The second kappa shape index (κ2) is 10.7. The standard InChI is InChI=1S/C29H36ClN3O4S/c1-4-14-31-15-6-8-22-23(26(31)35)24-27(36)33(21(17-34)18(3)5-2)25-28(37)32(16-7-13-29(24,25)38-22)20-11-9-19(30)10-12-20/h6-13,18,21-25,34H,4-5,14-17H2,1-3H3/t18-,21-,22+,23-,24-,25?,29-/m0/s1. The van der Waals surface area contributed by atoms with Gasteiger partial charge < -0.3 is 19.8 Å². The van der Waals surface area contributed by atoms with Crippen LogP contribution in [0.5, 0.6) is 0 Å². The SMILES string of the molecule is CCCN1CC=C[C@H]2S[C@]34C=CCN(c5ccc(Cl)cc5)C(=O)C3N([C@@H](CO)[C@@H](C)CC)C(=O)[C@@H]4[C@H]2C1=O. The molecule has 2 saturated heterocycles. The number of nitrogens with zero attached hydrogens (tertiary/aromatic N) is 3. The third-order valence-corrected chi connectivity index (χ3v) is 10.7. The van der Waals surface area contributed by atoms with Crippen LogP contribution >= 0.6 is 23.4 Å². The summed E-state index contributed by atoms with van der Waals surface area (Å²) in [6.45, 7) is 7.33. The molecule has 1 spiro atoms. The largest absolute Gasteiger partial charge is 0.394 e. The number of benzene rings is 1. The number of rotatable bonds is 7. The molecule has 1 unspecified atom stereocenters. The van der Waals surface area contributed by atoms with Crippen LogP contribution in [0.2, 0.25) is 5.02 Å². The first kappa shape index (κ1) is 27.3. The highest BCUT2D eigenvalue weighted by molar-refractivity contribution is 8.02. The van der Waals surface area contributed by atoms with Crippen molar-refractivity contribution in [3.05, 3.63) is 53.6 Å². The molecule has 0 bridgehead atoms. The van der Waals surface area contributed by atoms with Crippen molar-refractivity contribution in [2.24, 2.45) is 17.8 Å². The topological polar surface area (TPSA) is 81.2 Å². The predicted octanol–water partition coefficient (Wildman–Crippen LogP) is 3.76. The molecule has 3 amide bonds. The Labute approximate surface area is 233 Å². The van der Waals surface area contributed by atoms with Crippen molar-refractivity contribution in [2.75, 3.05) is 31.1 Å². The first-order chi connectivity index (χ1) is 18.3. The summed E-state index contributed by atoms with van der Waals surface area (Å²) in [5.41, 5.74) is 0.698. The third-order valence-electron chi connectivity index (χ3n) is 8.66. The second-order valence-corrected chi connectivity index (χ2v) is 12.7. The summed E-state index contributed by atoms with van der Waals surface area (Å²) in [6.07, 6.45) is 9.64. The summed E-state index contributed by atoms with van der Waals surface area (Å²) in [6, 6.07) is 5.76. The van der Waals surface area contributed by atoms with Gasteiger partial charge in [0.05, 0.1) is 29.2 Å². The summed E-state index contributed by atoms with van der Waals surface area (Å²) < 4.78 is -0.902. The Balaban J connectivity index is 1.64. The second-order valence-electron chi connectivity index (χ2n) is 10.8. The van der Waals surface area contributed by atoms with E-state index in [1.54, 1.807) is 33.7 Å². The molecule has 38 heavy (non-hydrogen) atoms. The lowest BCUT2D eigenvalue weighted by Crippen LogP contribution is -2.58. The van der Waals surface area contributed by atoms with Gasteiger partial charge in [0.1, 0.15) is 6.04 Å². The van der Waals surface area contributed by atoms with Crippen molar-refractivity contribution in [1.29, 1.82) is 0 Å². The lowest BCUT2D eigenvalue weighted by Gasteiger charge is -2.40. The fraction of sp³-hybridized carbons (Fsp3) is 0.552. The molecular formula is C29H36ClN3O4S. The molecule has 0 radical (unpaired) electrons. The Bertz CT molecular complexity index is 1160. The van der Waals surface area contributed by atoms with Crippen molar-refractivity contribution in [2.45, 2.75) is 55.7 Å². The maximum Gasteiger partial charge on any atom is 0.251 e. The summed E-state index contributed by atoms with van der Waals surface area (Å²) in [7, 11) is 0. The normalized spacial score (nSPS) is 32.1. The number of aliphatic hydroxyl groups is 1. The van der Waals surface area contributed by atoms with Crippen molar-refractivity contribution >= 4 is 46.8 Å². The Morgan fingerprint density at radius 2 is 1.82 bits per heavy atom. The Kier molecular flexibility index (Phi) is 7.68. The third kappa shape index (κ3) is 4.20. The number of carbonyl (C=O) groups excluding carboxylic acids is 3. The van der Waals surface area contributed by atoms with Gasteiger partial charge in [-0.25, -0.2) is 0 Å². The van der Waals surface area contributed by atoms with E-state index in [4.69, 9.17) is 11.6 Å². The molecule has 4 aliphatic rings. The average molecular weight is 558 g/mol. The van der Waals surface area contributed by atoms with Crippen LogP contribution in [0.25, 0.3) is 0 Å². The summed E-state index contributed by atoms with van der Waals surface area (Å²) >= 11 is 7.69. The molecule has 5 rings (SSSR count). The van der Waals surface area contributed by atoms with Gasteiger partial charge in [-0.15, -0.1) is 11.8 Å². The molecule has 1 N–H and O–H groups in total. The van der Waals surface area contributed by atoms with Crippen LogP contribution in [0.15, 0.2) is 48.6 Å². The molecule has 0 saturated carbocycles. The number of hydrogen-bond acceptors (Lipinski definition) is 5. The van der Waals surface area contributed by atoms with Crippen molar-refractivity contribution in [1.82, 2.24) is 9.80 Å². The van der Waals surface area contributed by atoms with E-state index in [1.807, 2.05) is 56.0 Å². The zero-order chi connectivity index (χ0) is 27.2. The molecule has 4 aliphatic heterocycles. The highest BCUT2D eigenvalue weighted by atomic mass is 35.5. The Hall–Kier alpha value is -2.29. The van der Waals surface area contributed by atoms with Gasteiger partial charge in [0.2, 0.25) is 11.8 Å². The molecule has 7 nitrogen and oxygen atoms in total. The van der Waals surface area contributed by atoms with Crippen LogP contribution in [-0.2, 0) is 14.4 Å². The minimum Gasteiger partial charge on any atom is -0.394 e.